The highest BCUT2D eigenvalue weighted by molar-refractivity contribution is 7.88. The Hall–Kier alpha value is -2.19. The lowest BCUT2D eigenvalue weighted by Crippen LogP contribution is -2.28. The molecule has 0 saturated heterocycles. The average Bonchev–Trinajstić information content (AvgIpc) is 3.15. The first-order valence-corrected chi connectivity index (χ1v) is 12.0. The fourth-order valence-electron chi connectivity index (χ4n) is 2.86. The summed E-state index contributed by atoms with van der Waals surface area (Å²) in [7, 11) is -3.22. The summed E-state index contributed by atoms with van der Waals surface area (Å²) in [6.07, 6.45) is 1.66. The largest absolute Gasteiger partial charge is 0.340 e. The van der Waals surface area contributed by atoms with Crippen molar-refractivity contribution < 1.29 is 13.2 Å². The van der Waals surface area contributed by atoms with Crippen molar-refractivity contribution in [3.05, 3.63) is 92.6 Å². The third kappa shape index (κ3) is 6.40. The molecule has 1 atom stereocenters. The second kappa shape index (κ2) is 9.54. The summed E-state index contributed by atoms with van der Waals surface area (Å²) in [6, 6.07) is 20.4. The van der Waals surface area contributed by atoms with Crippen LogP contribution in [0.15, 0.2) is 66.7 Å². The Morgan fingerprint density at radius 1 is 1.00 bits per heavy atom. The first-order valence-electron chi connectivity index (χ1n) is 8.96. The molecular weight excluding hydrogens is 428 g/mol. The number of thiophene rings is 1. The minimum Gasteiger partial charge on any atom is -0.340 e. The molecule has 152 valence electrons. The van der Waals surface area contributed by atoms with Crippen LogP contribution in [-0.2, 0) is 16.4 Å². The zero-order valence-corrected chi connectivity index (χ0v) is 18.2. The van der Waals surface area contributed by atoms with E-state index in [1.165, 1.54) is 11.3 Å². The summed E-state index contributed by atoms with van der Waals surface area (Å²) >= 11 is 7.37. The Labute approximate surface area is 179 Å². The zero-order valence-electron chi connectivity index (χ0n) is 15.8. The number of benzene rings is 2. The van der Waals surface area contributed by atoms with Gasteiger partial charge >= 0.3 is 0 Å². The van der Waals surface area contributed by atoms with Crippen LogP contribution in [0.5, 0.6) is 0 Å². The van der Waals surface area contributed by atoms with Gasteiger partial charge in [-0.05, 0) is 41.8 Å². The van der Waals surface area contributed by atoms with Gasteiger partial charge in [0.05, 0.1) is 17.2 Å². The van der Waals surface area contributed by atoms with Crippen molar-refractivity contribution in [3.8, 4) is 0 Å². The monoisotopic (exact) mass is 448 g/mol. The normalized spacial score (nSPS) is 12.5. The van der Waals surface area contributed by atoms with E-state index in [2.05, 4.69) is 10.0 Å². The molecular formula is C21H21ClN2O3S2. The van der Waals surface area contributed by atoms with Crippen molar-refractivity contribution in [2.75, 3.05) is 12.8 Å². The summed E-state index contributed by atoms with van der Waals surface area (Å²) < 4.78 is 24.8. The lowest BCUT2D eigenvalue weighted by Gasteiger charge is -2.19. The molecule has 0 spiro atoms. The molecule has 1 amide bonds. The Morgan fingerprint density at radius 2 is 1.66 bits per heavy atom. The van der Waals surface area contributed by atoms with Gasteiger partial charge in [-0.3, -0.25) is 4.79 Å². The Morgan fingerprint density at radius 3 is 2.31 bits per heavy atom. The summed E-state index contributed by atoms with van der Waals surface area (Å²) in [6.45, 7) is 0.303. The number of amides is 1. The molecule has 1 unspecified atom stereocenters. The molecule has 2 N–H and O–H groups in total. The van der Waals surface area contributed by atoms with E-state index in [0.29, 0.717) is 22.9 Å². The lowest BCUT2D eigenvalue weighted by atomic mass is 9.98. The van der Waals surface area contributed by atoms with Gasteiger partial charge in [0.25, 0.3) is 5.91 Å². The van der Waals surface area contributed by atoms with Crippen molar-refractivity contribution in [3.63, 3.8) is 0 Å². The molecule has 5 nitrogen and oxygen atoms in total. The maximum Gasteiger partial charge on any atom is 0.262 e. The van der Waals surface area contributed by atoms with Crippen LogP contribution in [0.25, 0.3) is 0 Å². The minimum absolute atomic E-state index is 0.180. The SMILES string of the molecule is CS(=O)(=O)NCCc1ccc(C(=O)NC(c2ccccc2)c2ccc(Cl)cc2)s1. The molecule has 3 aromatic rings. The maximum atomic E-state index is 12.9. The van der Waals surface area contributed by atoms with Gasteiger partial charge in [0, 0.05) is 16.4 Å². The fraction of sp³-hybridized carbons (Fsp3) is 0.190. The second-order valence-corrected chi connectivity index (χ2v) is 9.99. The molecule has 0 saturated carbocycles. The summed E-state index contributed by atoms with van der Waals surface area (Å²) in [4.78, 5) is 14.4. The summed E-state index contributed by atoms with van der Waals surface area (Å²) in [5.41, 5.74) is 1.90. The number of hydrogen-bond donors (Lipinski definition) is 2. The molecule has 29 heavy (non-hydrogen) atoms. The Balaban J connectivity index is 1.74. The van der Waals surface area contributed by atoms with Gasteiger partial charge in [-0.2, -0.15) is 0 Å². The van der Waals surface area contributed by atoms with Crippen LogP contribution in [0, 0.1) is 0 Å². The second-order valence-electron chi connectivity index (χ2n) is 6.55. The van der Waals surface area contributed by atoms with E-state index >= 15 is 0 Å². The van der Waals surface area contributed by atoms with E-state index in [1.807, 2.05) is 48.5 Å². The smallest absolute Gasteiger partial charge is 0.262 e. The van der Waals surface area contributed by atoms with E-state index < -0.39 is 10.0 Å². The fourth-order valence-corrected chi connectivity index (χ4v) is 4.37. The Bertz CT molecular complexity index is 1060. The molecule has 0 aliphatic rings. The van der Waals surface area contributed by atoms with Gasteiger partial charge < -0.3 is 5.32 Å². The van der Waals surface area contributed by atoms with Crippen LogP contribution in [0.4, 0.5) is 0 Å². The first kappa shape index (κ1) is 21.5. The van der Waals surface area contributed by atoms with Crippen LogP contribution in [0.1, 0.15) is 31.7 Å². The maximum absolute atomic E-state index is 12.9. The van der Waals surface area contributed by atoms with Crippen LogP contribution >= 0.6 is 22.9 Å². The molecule has 1 aromatic heterocycles. The van der Waals surface area contributed by atoms with E-state index in [-0.39, 0.29) is 11.9 Å². The first-order chi connectivity index (χ1) is 13.8. The predicted octanol–water partition coefficient (Wildman–Crippen LogP) is 4.01. The minimum atomic E-state index is -3.22. The van der Waals surface area contributed by atoms with E-state index in [9.17, 15) is 13.2 Å². The molecule has 8 heteroatoms. The third-order valence-corrected chi connectivity index (χ3v) is 6.36. The van der Waals surface area contributed by atoms with Crippen LogP contribution in [0.3, 0.4) is 0 Å². The number of hydrogen-bond acceptors (Lipinski definition) is 4. The van der Waals surface area contributed by atoms with Crippen molar-refractivity contribution in [1.29, 1.82) is 0 Å². The van der Waals surface area contributed by atoms with Gasteiger partial charge in [0.1, 0.15) is 0 Å². The van der Waals surface area contributed by atoms with E-state index in [4.69, 9.17) is 11.6 Å². The Kier molecular flexibility index (Phi) is 7.08. The molecule has 0 aliphatic heterocycles. The van der Waals surface area contributed by atoms with Gasteiger partial charge in [0.2, 0.25) is 10.0 Å². The van der Waals surface area contributed by atoms with Crippen molar-refractivity contribution in [2.24, 2.45) is 0 Å². The van der Waals surface area contributed by atoms with E-state index in [1.54, 1.807) is 18.2 Å². The van der Waals surface area contributed by atoms with Crippen molar-refractivity contribution >= 4 is 38.9 Å². The van der Waals surface area contributed by atoms with Gasteiger partial charge in [0.15, 0.2) is 0 Å². The average molecular weight is 449 g/mol. The highest BCUT2D eigenvalue weighted by Gasteiger charge is 2.19. The summed E-state index contributed by atoms with van der Waals surface area (Å²) in [5.74, 6) is -0.180. The van der Waals surface area contributed by atoms with E-state index in [0.717, 1.165) is 22.3 Å². The van der Waals surface area contributed by atoms with Gasteiger partial charge in [-0.15, -0.1) is 11.3 Å². The molecule has 0 radical (unpaired) electrons. The highest BCUT2D eigenvalue weighted by Crippen LogP contribution is 2.25. The van der Waals surface area contributed by atoms with Crippen LogP contribution in [-0.4, -0.2) is 27.1 Å². The molecule has 0 bridgehead atoms. The number of halogens is 1. The number of carbonyl (C=O) groups is 1. The number of carbonyl (C=O) groups excluding carboxylic acids is 1. The molecule has 2 aromatic carbocycles. The number of sulfonamides is 1. The lowest BCUT2D eigenvalue weighted by molar-refractivity contribution is 0.0947. The number of nitrogens with one attached hydrogen (secondary N) is 2. The predicted molar refractivity (Wildman–Crippen MR) is 118 cm³/mol. The zero-order chi connectivity index (χ0) is 20.9. The van der Waals surface area contributed by atoms with Crippen molar-refractivity contribution in [2.45, 2.75) is 12.5 Å². The van der Waals surface area contributed by atoms with Crippen molar-refractivity contribution in [1.82, 2.24) is 10.0 Å². The highest BCUT2D eigenvalue weighted by atomic mass is 35.5. The molecule has 0 fully saturated rings. The molecule has 3 rings (SSSR count). The van der Waals surface area contributed by atoms with Crippen LogP contribution in [0.2, 0.25) is 5.02 Å². The van der Waals surface area contributed by atoms with Crippen LogP contribution < -0.4 is 10.0 Å². The molecule has 1 heterocycles. The number of rotatable bonds is 8. The third-order valence-electron chi connectivity index (χ3n) is 4.23. The summed E-state index contributed by atoms with van der Waals surface area (Å²) in [5, 5.41) is 3.73. The topological polar surface area (TPSA) is 75.3 Å². The molecule has 0 aliphatic carbocycles. The van der Waals surface area contributed by atoms with Gasteiger partial charge in [-0.25, -0.2) is 13.1 Å². The quantitative estimate of drug-likeness (QED) is 0.546. The van der Waals surface area contributed by atoms with Gasteiger partial charge in [-0.1, -0.05) is 54.1 Å². The standard InChI is InChI=1S/C21H21ClN2O3S2/c1-29(26,27)23-14-13-18-11-12-19(28-18)21(25)24-20(15-5-3-2-4-6-15)16-7-9-17(22)10-8-16/h2-12,20,23H,13-14H2,1H3,(H,24,25).